The van der Waals surface area contributed by atoms with Crippen LogP contribution in [0.3, 0.4) is 0 Å². The number of nitro groups is 1. The van der Waals surface area contributed by atoms with Crippen LogP contribution in [0.5, 0.6) is 0 Å². The van der Waals surface area contributed by atoms with E-state index in [0.717, 1.165) is 19.4 Å². The molecule has 20 heavy (non-hydrogen) atoms. The highest BCUT2D eigenvalue weighted by atomic mass is 16.6. The molecule has 0 fully saturated rings. The highest BCUT2D eigenvalue weighted by molar-refractivity contribution is 5.46. The summed E-state index contributed by atoms with van der Waals surface area (Å²) in [7, 11) is 0. The first kappa shape index (κ1) is 14.0. The van der Waals surface area contributed by atoms with Gasteiger partial charge in [0.05, 0.1) is 4.92 Å². The highest BCUT2D eigenvalue weighted by Crippen LogP contribution is 2.18. The average Bonchev–Trinajstić information content (AvgIpc) is 2.44. The number of hydrogen-bond donors (Lipinski definition) is 1. The van der Waals surface area contributed by atoms with E-state index in [1.807, 2.05) is 18.2 Å². The van der Waals surface area contributed by atoms with Crippen molar-refractivity contribution in [1.29, 1.82) is 0 Å². The Balaban J connectivity index is 1.83. The topological polar surface area (TPSA) is 68.1 Å². The van der Waals surface area contributed by atoms with Gasteiger partial charge in [0.1, 0.15) is 12.0 Å². The van der Waals surface area contributed by atoms with Gasteiger partial charge in [-0.2, -0.15) is 0 Å². The van der Waals surface area contributed by atoms with E-state index >= 15 is 0 Å². The third-order valence-electron chi connectivity index (χ3n) is 3.07. The Morgan fingerprint density at radius 1 is 1.30 bits per heavy atom. The van der Waals surface area contributed by atoms with Crippen LogP contribution in [0, 0.1) is 17.0 Å². The maximum absolute atomic E-state index is 10.7. The first-order chi connectivity index (χ1) is 9.66. The smallest absolute Gasteiger partial charge is 0.290 e. The summed E-state index contributed by atoms with van der Waals surface area (Å²) in [5.41, 5.74) is 1.98. The van der Waals surface area contributed by atoms with Gasteiger partial charge in [0.15, 0.2) is 0 Å². The molecule has 0 atom stereocenters. The lowest BCUT2D eigenvalue weighted by Gasteiger charge is -2.06. The van der Waals surface area contributed by atoms with Gasteiger partial charge >= 0.3 is 0 Å². The Bertz CT molecular complexity index is 585. The van der Waals surface area contributed by atoms with Crippen LogP contribution in [0.1, 0.15) is 17.5 Å². The normalized spacial score (nSPS) is 10.2. The van der Waals surface area contributed by atoms with Gasteiger partial charge < -0.3 is 5.32 Å². The van der Waals surface area contributed by atoms with Crippen LogP contribution >= 0.6 is 0 Å². The second kappa shape index (κ2) is 6.65. The van der Waals surface area contributed by atoms with Crippen LogP contribution in [0.15, 0.2) is 42.6 Å². The van der Waals surface area contributed by atoms with Gasteiger partial charge in [-0.3, -0.25) is 10.1 Å². The van der Waals surface area contributed by atoms with Crippen molar-refractivity contribution in [1.82, 2.24) is 4.98 Å². The van der Waals surface area contributed by atoms with E-state index in [1.165, 1.54) is 11.8 Å². The van der Waals surface area contributed by atoms with Crippen molar-refractivity contribution < 1.29 is 4.92 Å². The third-order valence-corrected chi connectivity index (χ3v) is 3.07. The van der Waals surface area contributed by atoms with Crippen LogP contribution in [-0.4, -0.2) is 16.5 Å². The summed E-state index contributed by atoms with van der Waals surface area (Å²) in [5, 5.41) is 13.9. The maximum Gasteiger partial charge on any atom is 0.290 e. The molecule has 1 aromatic carbocycles. The van der Waals surface area contributed by atoms with E-state index in [1.54, 1.807) is 13.0 Å². The molecule has 0 spiro atoms. The molecule has 0 unspecified atom stereocenters. The summed E-state index contributed by atoms with van der Waals surface area (Å²) in [6.07, 6.45) is 3.29. The molecule has 0 bridgehead atoms. The number of anilines is 1. The summed E-state index contributed by atoms with van der Waals surface area (Å²) in [6.45, 7) is 2.51. The summed E-state index contributed by atoms with van der Waals surface area (Å²) >= 11 is 0. The van der Waals surface area contributed by atoms with Gasteiger partial charge in [-0.1, -0.05) is 30.3 Å². The second-order valence-electron chi connectivity index (χ2n) is 4.63. The third kappa shape index (κ3) is 3.78. The fraction of sp³-hybridized carbons (Fsp3) is 0.267. The van der Waals surface area contributed by atoms with E-state index < -0.39 is 4.92 Å². The molecular formula is C15H17N3O2. The molecule has 0 aliphatic rings. The van der Waals surface area contributed by atoms with E-state index in [0.29, 0.717) is 11.4 Å². The predicted octanol–water partition coefficient (Wildman–Crippen LogP) is 3.34. The van der Waals surface area contributed by atoms with Crippen molar-refractivity contribution in [3.63, 3.8) is 0 Å². The molecule has 2 aromatic rings. The zero-order valence-electron chi connectivity index (χ0n) is 11.4. The minimum absolute atomic E-state index is 0.0554. The van der Waals surface area contributed by atoms with Crippen LogP contribution < -0.4 is 5.32 Å². The molecule has 0 aliphatic carbocycles. The van der Waals surface area contributed by atoms with E-state index in [4.69, 9.17) is 0 Å². The van der Waals surface area contributed by atoms with Crippen molar-refractivity contribution in [3.05, 3.63) is 63.8 Å². The van der Waals surface area contributed by atoms with Gasteiger partial charge in [-0.15, -0.1) is 0 Å². The fourth-order valence-electron chi connectivity index (χ4n) is 1.99. The number of hydrogen-bond acceptors (Lipinski definition) is 4. The monoisotopic (exact) mass is 271 g/mol. The second-order valence-corrected chi connectivity index (χ2v) is 4.63. The summed E-state index contributed by atoms with van der Waals surface area (Å²) in [6, 6.07) is 12.0. The van der Waals surface area contributed by atoms with E-state index in [9.17, 15) is 10.1 Å². The SMILES string of the molecule is Cc1cc(NCCCc2ccccc2)ncc1[N+](=O)[O-]. The summed E-state index contributed by atoms with van der Waals surface area (Å²) < 4.78 is 0. The summed E-state index contributed by atoms with van der Waals surface area (Å²) in [4.78, 5) is 14.3. The Kier molecular flexibility index (Phi) is 4.65. The van der Waals surface area contributed by atoms with Gasteiger partial charge in [0.25, 0.3) is 5.69 Å². The van der Waals surface area contributed by atoms with Gasteiger partial charge in [0.2, 0.25) is 0 Å². The lowest BCUT2D eigenvalue weighted by molar-refractivity contribution is -0.385. The fourth-order valence-corrected chi connectivity index (χ4v) is 1.99. The Morgan fingerprint density at radius 2 is 2.05 bits per heavy atom. The minimum Gasteiger partial charge on any atom is -0.370 e. The minimum atomic E-state index is -0.415. The zero-order valence-corrected chi connectivity index (χ0v) is 11.4. The molecule has 0 saturated heterocycles. The van der Waals surface area contributed by atoms with Crippen LogP contribution in [0.25, 0.3) is 0 Å². The number of nitrogens with one attached hydrogen (secondary N) is 1. The van der Waals surface area contributed by atoms with Crippen molar-refractivity contribution in [2.45, 2.75) is 19.8 Å². The van der Waals surface area contributed by atoms with E-state index in [-0.39, 0.29) is 5.69 Å². The number of nitrogens with zero attached hydrogens (tertiary/aromatic N) is 2. The first-order valence-corrected chi connectivity index (χ1v) is 6.55. The Hall–Kier alpha value is -2.43. The first-order valence-electron chi connectivity index (χ1n) is 6.55. The Morgan fingerprint density at radius 3 is 2.70 bits per heavy atom. The maximum atomic E-state index is 10.7. The molecule has 0 saturated carbocycles. The number of benzene rings is 1. The lowest BCUT2D eigenvalue weighted by atomic mass is 10.1. The zero-order chi connectivity index (χ0) is 14.4. The molecule has 1 heterocycles. The van der Waals surface area contributed by atoms with Crippen molar-refractivity contribution >= 4 is 11.5 Å². The standard InChI is InChI=1S/C15H17N3O2/c1-12-10-15(17-11-14(12)18(19)20)16-9-5-8-13-6-3-2-4-7-13/h2-4,6-7,10-11H,5,8-9H2,1H3,(H,16,17). The van der Waals surface area contributed by atoms with Gasteiger partial charge in [0, 0.05) is 12.1 Å². The van der Waals surface area contributed by atoms with Crippen molar-refractivity contribution in [3.8, 4) is 0 Å². The number of rotatable bonds is 6. The van der Waals surface area contributed by atoms with Crippen molar-refractivity contribution in [2.24, 2.45) is 0 Å². The van der Waals surface area contributed by atoms with Gasteiger partial charge in [-0.05, 0) is 31.4 Å². The van der Waals surface area contributed by atoms with E-state index in [2.05, 4.69) is 22.4 Å². The molecule has 1 aromatic heterocycles. The molecule has 104 valence electrons. The summed E-state index contributed by atoms with van der Waals surface area (Å²) in [5.74, 6) is 0.682. The molecule has 2 rings (SSSR count). The number of aromatic nitrogens is 1. The average molecular weight is 271 g/mol. The molecular weight excluding hydrogens is 254 g/mol. The Labute approximate surface area is 117 Å². The van der Waals surface area contributed by atoms with Crippen molar-refractivity contribution in [2.75, 3.05) is 11.9 Å². The molecule has 5 heteroatoms. The largest absolute Gasteiger partial charge is 0.370 e. The molecule has 0 amide bonds. The highest BCUT2D eigenvalue weighted by Gasteiger charge is 2.10. The molecule has 1 N–H and O–H groups in total. The lowest BCUT2D eigenvalue weighted by Crippen LogP contribution is -2.05. The van der Waals surface area contributed by atoms with Crippen LogP contribution in [-0.2, 0) is 6.42 Å². The number of aryl methyl sites for hydroxylation is 2. The number of pyridine rings is 1. The van der Waals surface area contributed by atoms with Crippen LogP contribution in [0.4, 0.5) is 11.5 Å². The molecule has 0 aliphatic heterocycles. The quantitative estimate of drug-likeness (QED) is 0.497. The van der Waals surface area contributed by atoms with Crippen LogP contribution in [0.2, 0.25) is 0 Å². The predicted molar refractivity (Wildman–Crippen MR) is 78.9 cm³/mol. The molecule has 0 radical (unpaired) electrons. The molecule has 5 nitrogen and oxygen atoms in total. The van der Waals surface area contributed by atoms with Gasteiger partial charge in [-0.25, -0.2) is 4.98 Å².